The van der Waals surface area contributed by atoms with Crippen LogP contribution in [0.1, 0.15) is 27.2 Å². The lowest BCUT2D eigenvalue weighted by Gasteiger charge is -2.22. The number of carbonyl (C=O) groups excluding carboxylic acids is 1. The number of aromatic nitrogens is 2. The molecule has 0 radical (unpaired) electrons. The minimum absolute atomic E-state index is 0.140. The van der Waals surface area contributed by atoms with Gasteiger partial charge in [0.1, 0.15) is 0 Å². The zero-order chi connectivity index (χ0) is 15.7. The highest BCUT2D eigenvalue weighted by Gasteiger charge is 2.22. The number of likely N-dealkylation sites (N-methyl/N-ethyl adjacent to an activating group) is 1. The lowest BCUT2D eigenvalue weighted by atomic mass is 10.0. The minimum Gasteiger partial charge on any atom is -0.360 e. The molecule has 2 heterocycles. The number of nitrogens with zero attached hydrogens (tertiary/aromatic N) is 2. The molecule has 2 aromatic heterocycles. The van der Waals surface area contributed by atoms with Crippen LogP contribution in [0.2, 0.25) is 0 Å². The fraction of sp³-hybridized carbons (Fsp3) is 0.294. The van der Waals surface area contributed by atoms with Gasteiger partial charge in [0.2, 0.25) is 0 Å². The van der Waals surface area contributed by atoms with Crippen molar-refractivity contribution in [3.63, 3.8) is 0 Å². The van der Waals surface area contributed by atoms with E-state index in [0.717, 1.165) is 28.0 Å². The molecule has 0 fully saturated rings. The standard InChI is InChI=1S/C17H19N3OS/c1-11(20(3)10-13-8-18-12(2)22-13)17(21)15-9-19-16-7-5-4-6-14(15)16/h4-9,11,19H,10H2,1-3H3/t11-/m0/s1. The summed E-state index contributed by atoms with van der Waals surface area (Å²) in [7, 11) is 1.98. The Hall–Kier alpha value is -1.98. The number of rotatable bonds is 5. The number of para-hydroxylation sites is 1. The van der Waals surface area contributed by atoms with Crippen LogP contribution in [0.25, 0.3) is 10.9 Å². The van der Waals surface area contributed by atoms with Crippen LogP contribution in [0.15, 0.2) is 36.7 Å². The Kier molecular flexibility index (Phi) is 4.09. The first-order valence-corrected chi connectivity index (χ1v) is 8.10. The molecule has 0 saturated carbocycles. The highest BCUT2D eigenvalue weighted by atomic mass is 32.1. The van der Waals surface area contributed by atoms with Crippen LogP contribution >= 0.6 is 11.3 Å². The average molecular weight is 313 g/mol. The van der Waals surface area contributed by atoms with Crippen molar-refractivity contribution in [2.75, 3.05) is 7.05 Å². The maximum Gasteiger partial charge on any atom is 0.181 e. The van der Waals surface area contributed by atoms with Crippen LogP contribution in [0.3, 0.4) is 0 Å². The third-order valence-electron chi connectivity index (χ3n) is 3.97. The largest absolute Gasteiger partial charge is 0.360 e. The van der Waals surface area contributed by atoms with Gasteiger partial charge < -0.3 is 4.98 Å². The number of hydrogen-bond donors (Lipinski definition) is 1. The van der Waals surface area contributed by atoms with E-state index in [1.807, 2.05) is 57.6 Å². The molecule has 1 aromatic carbocycles. The van der Waals surface area contributed by atoms with Gasteiger partial charge in [0.05, 0.1) is 11.0 Å². The molecule has 0 aliphatic carbocycles. The van der Waals surface area contributed by atoms with Crippen molar-refractivity contribution < 1.29 is 4.79 Å². The summed E-state index contributed by atoms with van der Waals surface area (Å²) in [5, 5.41) is 2.04. The Morgan fingerprint density at radius 1 is 1.41 bits per heavy atom. The van der Waals surface area contributed by atoms with Crippen LogP contribution in [0.5, 0.6) is 0 Å². The molecule has 0 spiro atoms. The summed E-state index contributed by atoms with van der Waals surface area (Å²) in [5.41, 5.74) is 1.76. The molecule has 0 amide bonds. The molecule has 22 heavy (non-hydrogen) atoms. The minimum atomic E-state index is -0.179. The summed E-state index contributed by atoms with van der Waals surface area (Å²) in [6.07, 6.45) is 3.70. The number of benzene rings is 1. The predicted octanol–water partition coefficient (Wildman–Crippen LogP) is 3.64. The fourth-order valence-electron chi connectivity index (χ4n) is 2.56. The van der Waals surface area contributed by atoms with Gasteiger partial charge in [-0.1, -0.05) is 18.2 Å². The van der Waals surface area contributed by atoms with E-state index in [4.69, 9.17) is 0 Å². The Balaban J connectivity index is 1.79. The number of Topliss-reactive ketones (excluding diaryl/α,β-unsaturated/α-hetero) is 1. The summed E-state index contributed by atoms with van der Waals surface area (Å²) < 4.78 is 0. The van der Waals surface area contributed by atoms with Crippen LogP contribution < -0.4 is 0 Å². The topological polar surface area (TPSA) is 49.0 Å². The van der Waals surface area contributed by atoms with E-state index >= 15 is 0 Å². The van der Waals surface area contributed by atoms with Crippen LogP contribution in [-0.2, 0) is 6.54 Å². The second kappa shape index (κ2) is 6.02. The van der Waals surface area contributed by atoms with Crippen molar-refractivity contribution in [1.82, 2.24) is 14.9 Å². The predicted molar refractivity (Wildman–Crippen MR) is 90.4 cm³/mol. The Labute approximate surface area is 133 Å². The SMILES string of the molecule is Cc1ncc(CN(C)[C@@H](C)C(=O)c2c[nH]c3ccccc23)s1. The van der Waals surface area contributed by atoms with E-state index in [9.17, 15) is 4.79 Å². The second-order valence-electron chi connectivity index (χ2n) is 5.55. The Morgan fingerprint density at radius 2 is 2.18 bits per heavy atom. The van der Waals surface area contributed by atoms with Crippen molar-refractivity contribution in [1.29, 1.82) is 0 Å². The molecule has 0 unspecified atom stereocenters. The second-order valence-corrected chi connectivity index (χ2v) is 6.87. The molecular formula is C17H19N3OS. The monoisotopic (exact) mass is 313 g/mol. The number of aryl methyl sites for hydroxylation is 1. The quantitative estimate of drug-likeness (QED) is 0.732. The molecule has 1 atom stereocenters. The fourth-order valence-corrected chi connectivity index (χ4v) is 3.42. The number of nitrogens with one attached hydrogen (secondary N) is 1. The van der Waals surface area contributed by atoms with Crippen molar-refractivity contribution in [3.05, 3.63) is 52.1 Å². The third kappa shape index (κ3) is 2.82. The van der Waals surface area contributed by atoms with Gasteiger partial charge in [0.25, 0.3) is 0 Å². The van der Waals surface area contributed by atoms with Crippen molar-refractivity contribution in [2.24, 2.45) is 0 Å². The average Bonchev–Trinajstić information content (AvgIpc) is 3.12. The van der Waals surface area contributed by atoms with E-state index in [0.29, 0.717) is 0 Å². The smallest absolute Gasteiger partial charge is 0.181 e. The number of carbonyl (C=O) groups is 1. The Morgan fingerprint density at radius 3 is 2.91 bits per heavy atom. The van der Waals surface area contributed by atoms with Crippen LogP contribution in [0, 0.1) is 6.92 Å². The molecule has 5 heteroatoms. The normalized spacial score (nSPS) is 12.9. The Bertz CT molecular complexity index is 805. The molecule has 0 saturated heterocycles. The first kappa shape index (κ1) is 14.9. The number of H-pyrrole nitrogens is 1. The van der Waals surface area contributed by atoms with Gasteiger partial charge in [-0.2, -0.15) is 0 Å². The maximum absolute atomic E-state index is 12.8. The molecule has 3 aromatic rings. The summed E-state index contributed by atoms with van der Waals surface area (Å²) in [6, 6.07) is 7.72. The number of fused-ring (bicyclic) bond motifs is 1. The van der Waals surface area contributed by atoms with Crippen LogP contribution in [-0.4, -0.2) is 33.7 Å². The molecule has 0 bridgehead atoms. The van der Waals surface area contributed by atoms with E-state index in [2.05, 4.69) is 14.9 Å². The lowest BCUT2D eigenvalue weighted by molar-refractivity contribution is 0.0865. The van der Waals surface area contributed by atoms with Gasteiger partial charge in [-0.3, -0.25) is 9.69 Å². The molecule has 114 valence electrons. The lowest BCUT2D eigenvalue weighted by Crippen LogP contribution is -2.35. The number of ketones is 1. The van der Waals surface area contributed by atoms with Gasteiger partial charge >= 0.3 is 0 Å². The summed E-state index contributed by atoms with van der Waals surface area (Å²) in [5.74, 6) is 0.140. The van der Waals surface area contributed by atoms with Crippen molar-refractivity contribution in [2.45, 2.75) is 26.4 Å². The molecule has 0 aliphatic heterocycles. The summed E-state index contributed by atoms with van der Waals surface area (Å²) in [4.78, 5) is 23.5. The number of thiazole rings is 1. The zero-order valence-electron chi connectivity index (χ0n) is 13.0. The number of hydrogen-bond acceptors (Lipinski definition) is 4. The van der Waals surface area contributed by atoms with Gasteiger partial charge in [-0.25, -0.2) is 4.98 Å². The van der Waals surface area contributed by atoms with E-state index in [1.54, 1.807) is 11.3 Å². The van der Waals surface area contributed by atoms with E-state index in [-0.39, 0.29) is 11.8 Å². The third-order valence-corrected chi connectivity index (χ3v) is 4.87. The molecular weight excluding hydrogens is 294 g/mol. The molecule has 0 aliphatic rings. The van der Waals surface area contributed by atoms with Crippen LogP contribution in [0.4, 0.5) is 0 Å². The van der Waals surface area contributed by atoms with Gasteiger partial charge in [-0.05, 0) is 27.0 Å². The highest BCUT2D eigenvalue weighted by Crippen LogP contribution is 2.21. The molecule has 1 N–H and O–H groups in total. The zero-order valence-corrected chi connectivity index (χ0v) is 13.8. The van der Waals surface area contributed by atoms with Gasteiger partial charge in [0, 0.05) is 40.3 Å². The summed E-state index contributed by atoms with van der Waals surface area (Å²) in [6.45, 7) is 4.69. The van der Waals surface area contributed by atoms with Gasteiger partial charge in [-0.15, -0.1) is 11.3 Å². The van der Waals surface area contributed by atoms with Gasteiger partial charge in [0.15, 0.2) is 5.78 Å². The van der Waals surface area contributed by atoms with E-state index < -0.39 is 0 Å². The molecule has 4 nitrogen and oxygen atoms in total. The highest BCUT2D eigenvalue weighted by molar-refractivity contribution is 7.11. The van der Waals surface area contributed by atoms with E-state index in [1.165, 1.54) is 4.88 Å². The van der Waals surface area contributed by atoms with Crippen molar-refractivity contribution in [3.8, 4) is 0 Å². The summed E-state index contributed by atoms with van der Waals surface area (Å²) >= 11 is 1.67. The molecule has 3 rings (SSSR count). The first-order chi connectivity index (χ1) is 10.6. The maximum atomic E-state index is 12.8. The number of aromatic amines is 1. The van der Waals surface area contributed by atoms with Crippen molar-refractivity contribution >= 4 is 28.0 Å². The first-order valence-electron chi connectivity index (χ1n) is 7.28.